The summed E-state index contributed by atoms with van der Waals surface area (Å²) in [6, 6.07) is -0.996. The normalized spacial score (nSPS) is 14.3. The number of hydrogen-bond acceptors (Lipinski definition) is 5. The van der Waals surface area contributed by atoms with Crippen molar-refractivity contribution in [2.45, 2.75) is 257 Å². The van der Waals surface area contributed by atoms with E-state index in [1.165, 1.54) is 167 Å². The molecule has 6 heteroatoms. The molecule has 5 N–H and O–H groups in total. The van der Waals surface area contributed by atoms with Gasteiger partial charge in [0.2, 0.25) is 5.91 Å². The molecular formula is C44H87NO5. The van der Waals surface area contributed by atoms with Gasteiger partial charge in [0.1, 0.15) is 12.2 Å². The minimum absolute atomic E-state index is 0.366. The summed E-state index contributed by atoms with van der Waals surface area (Å²) in [6.07, 6.45) is 42.6. The van der Waals surface area contributed by atoms with Gasteiger partial charge in [-0.25, -0.2) is 0 Å². The van der Waals surface area contributed by atoms with Crippen molar-refractivity contribution in [3.63, 3.8) is 0 Å². The summed E-state index contributed by atoms with van der Waals surface area (Å²) >= 11 is 0. The summed E-state index contributed by atoms with van der Waals surface area (Å²) in [6.45, 7) is 4.02. The maximum Gasteiger partial charge on any atom is 0.249 e. The predicted molar refractivity (Wildman–Crippen MR) is 215 cm³/mol. The van der Waals surface area contributed by atoms with Crippen LogP contribution in [0.3, 0.4) is 0 Å². The molecule has 0 radical (unpaired) electrons. The number of carbonyl (C=O) groups excluding carboxylic acids is 1. The van der Waals surface area contributed by atoms with Gasteiger partial charge in [-0.15, -0.1) is 0 Å². The minimum Gasteiger partial charge on any atom is -0.394 e. The number of carbonyl (C=O) groups is 1. The van der Waals surface area contributed by atoms with Crippen LogP contribution in [0.1, 0.15) is 232 Å². The molecule has 0 aromatic rings. The van der Waals surface area contributed by atoms with Crippen LogP contribution in [-0.4, -0.2) is 57.3 Å². The van der Waals surface area contributed by atoms with Crippen LogP contribution in [-0.2, 0) is 4.79 Å². The second-order valence-corrected chi connectivity index (χ2v) is 15.4. The van der Waals surface area contributed by atoms with E-state index < -0.39 is 36.9 Å². The fraction of sp³-hybridized carbons (Fsp3) is 0.932. The Hall–Kier alpha value is -0.950. The lowest BCUT2D eigenvalue weighted by Crippen LogP contribution is -2.53. The van der Waals surface area contributed by atoms with E-state index in [-0.39, 0.29) is 0 Å². The van der Waals surface area contributed by atoms with Crippen molar-refractivity contribution in [2.75, 3.05) is 6.61 Å². The van der Waals surface area contributed by atoms with E-state index in [1.807, 2.05) is 0 Å². The second kappa shape index (κ2) is 39.3. The fourth-order valence-electron chi connectivity index (χ4n) is 6.93. The van der Waals surface area contributed by atoms with Gasteiger partial charge >= 0.3 is 0 Å². The maximum absolute atomic E-state index is 12.4. The molecule has 4 unspecified atom stereocenters. The molecule has 50 heavy (non-hydrogen) atoms. The van der Waals surface area contributed by atoms with E-state index in [0.29, 0.717) is 12.8 Å². The zero-order valence-corrected chi connectivity index (χ0v) is 33.4. The van der Waals surface area contributed by atoms with E-state index in [1.54, 1.807) is 0 Å². The Morgan fingerprint density at radius 2 is 0.820 bits per heavy atom. The number of rotatable bonds is 40. The molecule has 298 valence electrons. The molecule has 0 spiro atoms. The van der Waals surface area contributed by atoms with Gasteiger partial charge in [-0.2, -0.15) is 0 Å². The molecule has 0 aliphatic heterocycles. The van der Waals surface area contributed by atoms with Crippen LogP contribution in [0.5, 0.6) is 0 Å². The van der Waals surface area contributed by atoms with E-state index in [2.05, 4.69) is 31.3 Å². The maximum atomic E-state index is 12.4. The van der Waals surface area contributed by atoms with E-state index in [0.717, 1.165) is 38.5 Å². The molecule has 0 rings (SSSR count). The molecular weight excluding hydrogens is 622 g/mol. The topological polar surface area (TPSA) is 110 Å². The molecule has 6 nitrogen and oxygen atoms in total. The summed E-state index contributed by atoms with van der Waals surface area (Å²) in [5.41, 5.74) is 0. The van der Waals surface area contributed by atoms with Gasteiger partial charge in [-0.05, 0) is 38.5 Å². The molecule has 0 aliphatic carbocycles. The number of nitrogens with one attached hydrogen (secondary N) is 1. The first-order valence-corrected chi connectivity index (χ1v) is 22.1. The van der Waals surface area contributed by atoms with Crippen LogP contribution in [0.4, 0.5) is 0 Å². The number of amides is 1. The Labute approximate surface area is 311 Å². The predicted octanol–water partition coefficient (Wildman–Crippen LogP) is 11.4. The Balaban J connectivity index is 3.68. The molecule has 0 fully saturated rings. The Morgan fingerprint density at radius 1 is 0.480 bits per heavy atom. The number of unbranched alkanes of at least 4 members (excludes halogenated alkanes) is 29. The third-order valence-electron chi connectivity index (χ3n) is 10.5. The molecule has 4 atom stereocenters. The van der Waals surface area contributed by atoms with Crippen LogP contribution >= 0.6 is 0 Å². The summed E-state index contributed by atoms with van der Waals surface area (Å²) < 4.78 is 0. The molecule has 0 bridgehead atoms. The zero-order valence-electron chi connectivity index (χ0n) is 33.4. The summed E-state index contributed by atoms with van der Waals surface area (Å²) in [4.78, 5) is 12.4. The highest BCUT2D eigenvalue weighted by molar-refractivity contribution is 5.80. The van der Waals surface area contributed by atoms with Crippen molar-refractivity contribution < 1.29 is 25.2 Å². The van der Waals surface area contributed by atoms with Crippen molar-refractivity contribution >= 4 is 5.91 Å². The minimum atomic E-state index is -1.28. The van der Waals surface area contributed by atoms with E-state index in [4.69, 9.17) is 0 Å². The average molecular weight is 710 g/mol. The highest BCUT2D eigenvalue weighted by Crippen LogP contribution is 2.16. The SMILES string of the molecule is CCCCCCCCCCCCCCCCCCCCC/C=C/CCCC(O)C(O)C(CO)NC(=O)C(O)CCCCCCCCCCCC. The number of hydrogen-bond donors (Lipinski definition) is 5. The summed E-state index contributed by atoms with van der Waals surface area (Å²) in [5, 5.41) is 43.5. The molecule has 0 aliphatic rings. The number of aliphatic hydroxyl groups is 4. The number of aliphatic hydroxyl groups excluding tert-OH is 4. The molecule has 0 saturated heterocycles. The fourth-order valence-corrected chi connectivity index (χ4v) is 6.93. The van der Waals surface area contributed by atoms with Crippen molar-refractivity contribution in [2.24, 2.45) is 0 Å². The van der Waals surface area contributed by atoms with Crippen molar-refractivity contribution in [3.8, 4) is 0 Å². The molecule has 0 aromatic carbocycles. The van der Waals surface area contributed by atoms with Crippen molar-refractivity contribution in [1.82, 2.24) is 5.32 Å². The van der Waals surface area contributed by atoms with Crippen LogP contribution in [0.25, 0.3) is 0 Å². The van der Waals surface area contributed by atoms with Gasteiger partial charge in [0.05, 0.1) is 18.8 Å². The van der Waals surface area contributed by atoms with Crippen molar-refractivity contribution in [3.05, 3.63) is 12.2 Å². The van der Waals surface area contributed by atoms with Gasteiger partial charge in [0.25, 0.3) is 0 Å². The van der Waals surface area contributed by atoms with Gasteiger partial charge in [-0.1, -0.05) is 206 Å². The highest BCUT2D eigenvalue weighted by atomic mass is 16.3. The van der Waals surface area contributed by atoms with Gasteiger partial charge in [-0.3, -0.25) is 4.79 Å². The summed E-state index contributed by atoms with van der Waals surface area (Å²) in [5.74, 6) is -0.594. The monoisotopic (exact) mass is 710 g/mol. The zero-order chi connectivity index (χ0) is 36.8. The van der Waals surface area contributed by atoms with E-state index >= 15 is 0 Å². The lowest BCUT2D eigenvalue weighted by Gasteiger charge is -2.27. The Bertz CT molecular complexity index is 717. The third kappa shape index (κ3) is 32.9. The van der Waals surface area contributed by atoms with Gasteiger partial charge in [0, 0.05) is 0 Å². The lowest BCUT2D eigenvalue weighted by molar-refractivity contribution is -0.132. The molecule has 0 aromatic heterocycles. The smallest absolute Gasteiger partial charge is 0.249 e. The van der Waals surface area contributed by atoms with Crippen LogP contribution in [0.2, 0.25) is 0 Å². The molecule has 0 heterocycles. The largest absolute Gasteiger partial charge is 0.394 e. The van der Waals surface area contributed by atoms with Gasteiger partial charge in [0.15, 0.2) is 0 Å². The first-order chi connectivity index (χ1) is 24.5. The van der Waals surface area contributed by atoms with Crippen LogP contribution in [0, 0.1) is 0 Å². The first kappa shape index (κ1) is 49.0. The van der Waals surface area contributed by atoms with Gasteiger partial charge < -0.3 is 25.7 Å². The van der Waals surface area contributed by atoms with Crippen LogP contribution < -0.4 is 5.32 Å². The molecule has 1 amide bonds. The first-order valence-electron chi connectivity index (χ1n) is 22.1. The number of allylic oxidation sites excluding steroid dienone is 2. The standard InChI is InChI=1S/C44H87NO5/c1-3-5-7-9-11-13-15-16-17-18-19-20-21-22-23-24-25-26-27-28-30-31-33-35-37-41(47)43(49)40(39-46)45-44(50)42(48)38-36-34-32-29-14-12-10-8-6-4-2/h30-31,40-43,46-49H,3-29,32-39H2,1-2H3,(H,45,50)/b31-30+. The van der Waals surface area contributed by atoms with Crippen LogP contribution in [0.15, 0.2) is 12.2 Å². The summed E-state index contributed by atoms with van der Waals surface area (Å²) in [7, 11) is 0. The Morgan fingerprint density at radius 3 is 1.20 bits per heavy atom. The average Bonchev–Trinajstić information content (AvgIpc) is 3.12. The molecule has 0 saturated carbocycles. The lowest BCUT2D eigenvalue weighted by atomic mass is 10.00. The quantitative estimate of drug-likeness (QED) is 0.0321. The third-order valence-corrected chi connectivity index (χ3v) is 10.5. The Kier molecular flexibility index (Phi) is 38.5. The second-order valence-electron chi connectivity index (χ2n) is 15.4. The highest BCUT2D eigenvalue weighted by Gasteiger charge is 2.28. The van der Waals surface area contributed by atoms with E-state index in [9.17, 15) is 25.2 Å². The van der Waals surface area contributed by atoms with Crippen molar-refractivity contribution in [1.29, 1.82) is 0 Å².